The summed E-state index contributed by atoms with van der Waals surface area (Å²) in [6.07, 6.45) is 0. The van der Waals surface area contributed by atoms with Crippen LogP contribution in [0.3, 0.4) is 0 Å². The number of carbonyl (C=O) groups is 1. The second kappa shape index (κ2) is 6.74. The van der Waals surface area contributed by atoms with Gasteiger partial charge in [-0.3, -0.25) is 0 Å². The van der Waals surface area contributed by atoms with E-state index in [1.54, 1.807) is 18.2 Å². The molecule has 0 unspecified atom stereocenters. The minimum Gasteiger partial charge on any atom is -0.490 e. The second-order valence-electron chi connectivity index (χ2n) is 4.25. The van der Waals surface area contributed by atoms with Gasteiger partial charge in [0.15, 0.2) is 11.5 Å². The Labute approximate surface area is 121 Å². The van der Waals surface area contributed by atoms with E-state index in [0.717, 1.165) is 0 Å². The van der Waals surface area contributed by atoms with Crippen molar-refractivity contribution in [2.45, 2.75) is 13.5 Å². The van der Waals surface area contributed by atoms with Gasteiger partial charge in [-0.25, -0.2) is 9.18 Å². The molecule has 0 fully saturated rings. The molecule has 110 valence electrons. The Kier molecular flexibility index (Phi) is 4.77. The zero-order valence-electron chi connectivity index (χ0n) is 11.5. The topological polar surface area (TPSA) is 55.8 Å². The van der Waals surface area contributed by atoms with Crippen molar-refractivity contribution in [2.24, 2.45) is 0 Å². The van der Waals surface area contributed by atoms with Crippen LogP contribution in [0.4, 0.5) is 4.39 Å². The maximum atomic E-state index is 14.0. The molecule has 2 aromatic carbocycles. The Morgan fingerprint density at radius 2 is 1.76 bits per heavy atom. The number of rotatable bonds is 6. The highest BCUT2D eigenvalue weighted by Crippen LogP contribution is 2.27. The van der Waals surface area contributed by atoms with Crippen molar-refractivity contribution in [2.75, 3.05) is 6.61 Å². The number of ether oxygens (including phenoxy) is 2. The van der Waals surface area contributed by atoms with Gasteiger partial charge in [0.05, 0.1) is 12.2 Å². The molecule has 0 saturated carbocycles. The molecule has 0 aliphatic heterocycles. The number of hydrogen-bond donors (Lipinski definition) is 1. The number of aromatic carboxylic acids is 1. The molecule has 0 bridgehead atoms. The summed E-state index contributed by atoms with van der Waals surface area (Å²) in [7, 11) is 0. The van der Waals surface area contributed by atoms with Gasteiger partial charge in [0.2, 0.25) is 0 Å². The van der Waals surface area contributed by atoms with E-state index in [1.807, 2.05) is 13.0 Å². The first-order valence-corrected chi connectivity index (χ1v) is 6.48. The Balaban J connectivity index is 2.17. The lowest BCUT2D eigenvalue weighted by Crippen LogP contribution is -2.06. The summed E-state index contributed by atoms with van der Waals surface area (Å²) < 4.78 is 24.9. The minimum absolute atomic E-state index is 0.0724. The Morgan fingerprint density at radius 3 is 2.38 bits per heavy atom. The van der Waals surface area contributed by atoms with Crippen LogP contribution in [-0.2, 0) is 6.61 Å². The normalized spacial score (nSPS) is 10.2. The molecule has 2 rings (SSSR count). The van der Waals surface area contributed by atoms with Gasteiger partial charge < -0.3 is 14.6 Å². The lowest BCUT2D eigenvalue weighted by Gasteiger charge is -2.12. The molecule has 2 aromatic rings. The van der Waals surface area contributed by atoms with E-state index >= 15 is 0 Å². The van der Waals surface area contributed by atoms with Crippen molar-refractivity contribution < 1.29 is 23.8 Å². The summed E-state index contributed by atoms with van der Waals surface area (Å²) in [6, 6.07) is 11.2. The van der Waals surface area contributed by atoms with Gasteiger partial charge in [0.25, 0.3) is 0 Å². The third-order valence-electron chi connectivity index (χ3n) is 2.84. The van der Waals surface area contributed by atoms with E-state index in [9.17, 15) is 9.18 Å². The van der Waals surface area contributed by atoms with Gasteiger partial charge >= 0.3 is 5.97 Å². The van der Waals surface area contributed by atoms with Gasteiger partial charge in [-0.1, -0.05) is 24.3 Å². The number of hydrogen-bond acceptors (Lipinski definition) is 3. The van der Waals surface area contributed by atoms with Gasteiger partial charge in [-0.05, 0) is 25.1 Å². The summed E-state index contributed by atoms with van der Waals surface area (Å²) in [4.78, 5) is 10.9. The number of carboxylic acid groups (broad SMARTS) is 1. The Hall–Kier alpha value is -2.56. The van der Waals surface area contributed by atoms with Crippen LogP contribution >= 0.6 is 0 Å². The van der Waals surface area contributed by atoms with Crippen LogP contribution in [0.5, 0.6) is 11.5 Å². The zero-order valence-corrected chi connectivity index (χ0v) is 11.5. The smallest absolute Gasteiger partial charge is 0.338 e. The number of para-hydroxylation sites is 2. The third-order valence-corrected chi connectivity index (χ3v) is 2.84. The summed E-state index contributed by atoms with van der Waals surface area (Å²) in [5.74, 6) is -1.03. The van der Waals surface area contributed by atoms with Crippen LogP contribution in [0.1, 0.15) is 22.8 Å². The van der Waals surface area contributed by atoms with Gasteiger partial charge in [0, 0.05) is 5.56 Å². The predicted octanol–water partition coefficient (Wildman–Crippen LogP) is 3.50. The van der Waals surface area contributed by atoms with Crippen molar-refractivity contribution in [1.29, 1.82) is 0 Å². The fourth-order valence-electron chi connectivity index (χ4n) is 1.86. The number of benzene rings is 2. The lowest BCUT2D eigenvalue weighted by molar-refractivity contribution is 0.0691. The molecule has 5 heteroatoms. The highest BCUT2D eigenvalue weighted by molar-refractivity contribution is 5.88. The van der Waals surface area contributed by atoms with Crippen molar-refractivity contribution in [3.63, 3.8) is 0 Å². The molecule has 0 aliphatic carbocycles. The largest absolute Gasteiger partial charge is 0.490 e. The van der Waals surface area contributed by atoms with Crippen LogP contribution in [-0.4, -0.2) is 17.7 Å². The summed E-state index contributed by atoms with van der Waals surface area (Å²) >= 11 is 0. The summed E-state index contributed by atoms with van der Waals surface area (Å²) in [6.45, 7) is 2.27. The fourth-order valence-corrected chi connectivity index (χ4v) is 1.86. The maximum Gasteiger partial charge on any atom is 0.338 e. The standard InChI is InChI=1S/C16H15FO4/c1-2-20-13-8-3-4-9-14(13)21-10-11-6-5-7-12(15(11)17)16(18)19/h3-9H,2,10H2,1H3,(H,18,19). The molecule has 0 saturated heterocycles. The van der Waals surface area contributed by atoms with Crippen molar-refractivity contribution in [3.05, 3.63) is 59.4 Å². The minimum atomic E-state index is -1.30. The molecule has 0 radical (unpaired) electrons. The van der Waals surface area contributed by atoms with E-state index in [1.165, 1.54) is 18.2 Å². The fraction of sp³-hybridized carbons (Fsp3) is 0.188. The molecule has 0 amide bonds. The monoisotopic (exact) mass is 290 g/mol. The second-order valence-corrected chi connectivity index (χ2v) is 4.25. The van der Waals surface area contributed by atoms with Crippen LogP contribution in [0.2, 0.25) is 0 Å². The molecule has 1 N–H and O–H groups in total. The van der Waals surface area contributed by atoms with Gasteiger partial charge in [-0.15, -0.1) is 0 Å². The number of carboxylic acids is 1. The first-order chi connectivity index (χ1) is 10.1. The zero-order chi connectivity index (χ0) is 15.2. The Bertz CT molecular complexity index is 640. The van der Waals surface area contributed by atoms with Crippen LogP contribution < -0.4 is 9.47 Å². The van der Waals surface area contributed by atoms with Crippen molar-refractivity contribution >= 4 is 5.97 Å². The SMILES string of the molecule is CCOc1ccccc1OCc1cccc(C(=O)O)c1F. The molecular weight excluding hydrogens is 275 g/mol. The highest BCUT2D eigenvalue weighted by Gasteiger charge is 2.14. The molecule has 0 aromatic heterocycles. The molecule has 4 nitrogen and oxygen atoms in total. The van der Waals surface area contributed by atoms with Crippen molar-refractivity contribution in [1.82, 2.24) is 0 Å². The number of halogens is 1. The first-order valence-electron chi connectivity index (χ1n) is 6.48. The summed E-state index contributed by atoms with van der Waals surface area (Å²) in [5.41, 5.74) is -0.185. The van der Waals surface area contributed by atoms with Gasteiger partial charge in [-0.2, -0.15) is 0 Å². The highest BCUT2D eigenvalue weighted by atomic mass is 19.1. The van der Waals surface area contributed by atoms with Crippen LogP contribution in [0, 0.1) is 5.82 Å². The predicted molar refractivity (Wildman–Crippen MR) is 75.3 cm³/mol. The quantitative estimate of drug-likeness (QED) is 0.884. The van der Waals surface area contributed by atoms with E-state index in [0.29, 0.717) is 18.1 Å². The van der Waals surface area contributed by atoms with E-state index in [-0.39, 0.29) is 17.7 Å². The molecule has 0 spiro atoms. The maximum absolute atomic E-state index is 14.0. The lowest BCUT2D eigenvalue weighted by atomic mass is 10.1. The average molecular weight is 290 g/mol. The first kappa shape index (κ1) is 14.8. The van der Waals surface area contributed by atoms with E-state index < -0.39 is 11.8 Å². The average Bonchev–Trinajstić information content (AvgIpc) is 2.47. The van der Waals surface area contributed by atoms with E-state index in [4.69, 9.17) is 14.6 Å². The molecule has 0 aliphatic rings. The molecular formula is C16H15FO4. The van der Waals surface area contributed by atoms with Crippen LogP contribution in [0.15, 0.2) is 42.5 Å². The van der Waals surface area contributed by atoms with Gasteiger partial charge in [0.1, 0.15) is 12.4 Å². The molecule has 21 heavy (non-hydrogen) atoms. The Morgan fingerprint density at radius 1 is 1.10 bits per heavy atom. The third kappa shape index (κ3) is 3.51. The molecule has 0 atom stereocenters. The molecule has 0 heterocycles. The summed E-state index contributed by atoms with van der Waals surface area (Å²) in [5, 5.41) is 8.89. The van der Waals surface area contributed by atoms with Crippen LogP contribution in [0.25, 0.3) is 0 Å². The van der Waals surface area contributed by atoms with E-state index in [2.05, 4.69) is 0 Å². The van der Waals surface area contributed by atoms with Crippen molar-refractivity contribution in [3.8, 4) is 11.5 Å².